The molecule has 29 heavy (non-hydrogen) atoms. The summed E-state index contributed by atoms with van der Waals surface area (Å²) in [6, 6.07) is 1.47. The fourth-order valence-electron chi connectivity index (χ4n) is 6.99. The Balaban J connectivity index is 0.00000181. The minimum Gasteiger partial charge on any atom is -0.504 e. The van der Waals surface area contributed by atoms with Gasteiger partial charge in [0.05, 0.1) is 32.0 Å². The Labute approximate surface area is 170 Å². The van der Waals surface area contributed by atoms with Gasteiger partial charge in [0.2, 0.25) is 11.5 Å². The number of Topliss-reactive ketones (excluding diaryl/α,β-unsaturated/α-hetero) is 1. The highest BCUT2D eigenvalue weighted by Crippen LogP contribution is 2.69. The summed E-state index contributed by atoms with van der Waals surface area (Å²) in [7, 11) is 2.01. The van der Waals surface area contributed by atoms with Crippen LogP contribution < -0.4 is 4.74 Å². The molecule has 3 aliphatic carbocycles. The van der Waals surface area contributed by atoms with Gasteiger partial charge in [-0.2, -0.15) is 0 Å². The second-order valence-corrected chi connectivity index (χ2v) is 9.89. The third-order valence-electron chi connectivity index (χ3n) is 8.56. The van der Waals surface area contributed by atoms with Crippen molar-refractivity contribution in [1.82, 2.24) is 0 Å². The van der Waals surface area contributed by atoms with Crippen LogP contribution in [0.5, 0.6) is 17.2 Å². The molecule has 2 saturated carbocycles. The highest BCUT2D eigenvalue weighted by molar-refractivity contribution is 5.90. The fraction of sp³-hybridized carbons (Fsp3) is 0.636. The number of piperidine rings is 1. The number of ketones is 1. The van der Waals surface area contributed by atoms with Crippen LogP contribution in [0.2, 0.25) is 0 Å². The highest BCUT2D eigenvalue weighted by atomic mass is 16.5. The van der Waals surface area contributed by atoms with E-state index in [9.17, 15) is 25.2 Å². The van der Waals surface area contributed by atoms with E-state index in [1.807, 2.05) is 7.05 Å². The minimum atomic E-state index is -1.53. The molecule has 1 aromatic carbocycles. The Kier molecular flexibility index (Phi) is 3.47. The second kappa shape index (κ2) is 5.25. The van der Waals surface area contributed by atoms with Gasteiger partial charge in [-0.3, -0.25) is 9.28 Å². The molecule has 0 radical (unpaired) electrons. The van der Waals surface area contributed by atoms with E-state index in [1.165, 1.54) is 6.07 Å². The molecule has 7 heteroatoms. The molecule has 2 aliphatic heterocycles. The first kappa shape index (κ1) is 19.2. The summed E-state index contributed by atoms with van der Waals surface area (Å²) in [5, 5.41) is 45.0. The monoisotopic (exact) mass is 403 g/mol. The zero-order valence-electron chi connectivity index (χ0n) is 16.9. The summed E-state index contributed by atoms with van der Waals surface area (Å²) in [5.74, 6) is -0.163. The molecule has 2 bridgehead atoms. The van der Waals surface area contributed by atoms with Crippen LogP contribution in [-0.4, -0.2) is 68.3 Å². The number of ether oxygens (including phenoxy) is 1. The number of aliphatic hydroxyl groups is 2. The Bertz CT molecular complexity index is 944. The van der Waals surface area contributed by atoms with Gasteiger partial charge in [0.15, 0.2) is 29.0 Å². The number of hydrogen-bond acceptors (Lipinski definition) is 6. The van der Waals surface area contributed by atoms with Crippen LogP contribution in [0.3, 0.4) is 0 Å². The maximum atomic E-state index is 12.8. The summed E-state index contributed by atoms with van der Waals surface area (Å²) in [5.41, 5.74) is -2.80. The lowest BCUT2D eigenvalue weighted by atomic mass is 9.47. The molecule has 4 N–H and O–H groups in total. The Hall–Kier alpha value is -1.83. The third-order valence-corrected chi connectivity index (χ3v) is 8.56. The maximum Gasteiger partial charge on any atom is 0.235 e. The van der Waals surface area contributed by atoms with E-state index in [2.05, 4.69) is 0 Å². The number of phenolic OH excluding ortho intramolecular Hbond substituents is 2. The van der Waals surface area contributed by atoms with Crippen molar-refractivity contribution in [2.24, 2.45) is 5.92 Å². The minimum absolute atomic E-state index is 0. The molecular weight excluding hydrogens is 374 g/mol. The lowest BCUT2D eigenvalue weighted by molar-refractivity contribution is -1.00. The van der Waals surface area contributed by atoms with Crippen molar-refractivity contribution >= 4 is 5.78 Å². The summed E-state index contributed by atoms with van der Waals surface area (Å²) < 4.78 is 6.28. The van der Waals surface area contributed by atoms with Crippen molar-refractivity contribution in [3.05, 3.63) is 24.6 Å². The van der Waals surface area contributed by atoms with Gasteiger partial charge in [-0.1, -0.05) is 0 Å². The number of likely N-dealkylation sites (N-methyl/N-ethyl adjacent to an activating group) is 1. The number of rotatable bonds is 2. The largest absolute Gasteiger partial charge is 0.504 e. The number of benzene rings is 1. The first-order valence-electron chi connectivity index (χ1n) is 10.2. The Morgan fingerprint density at radius 2 is 1.97 bits per heavy atom. The number of carbonyl (C=O) groups is 1. The Morgan fingerprint density at radius 3 is 2.66 bits per heavy atom. The van der Waals surface area contributed by atoms with Crippen molar-refractivity contribution in [3.8, 4) is 17.2 Å². The van der Waals surface area contributed by atoms with Gasteiger partial charge in [-0.15, -0.1) is 0 Å². The number of quaternary nitrogens is 1. The second-order valence-electron chi connectivity index (χ2n) is 9.89. The van der Waals surface area contributed by atoms with E-state index < -0.39 is 22.8 Å². The average molecular weight is 403 g/mol. The highest BCUT2D eigenvalue weighted by Gasteiger charge is 2.82. The number of likely N-dealkylation sites (tertiary alicyclic amines) is 1. The smallest absolute Gasteiger partial charge is 0.235 e. The van der Waals surface area contributed by atoms with Crippen molar-refractivity contribution in [3.63, 3.8) is 0 Å². The van der Waals surface area contributed by atoms with E-state index in [1.54, 1.807) is 0 Å². The van der Waals surface area contributed by atoms with Gasteiger partial charge in [-0.05, 0) is 30.9 Å². The number of hydrogen-bond donors (Lipinski definition) is 4. The number of carbonyl (C=O) groups excluding carboxylic acids is 1. The normalized spacial score (nSPS) is 44.0. The average Bonchev–Trinajstić information content (AvgIpc) is 3.36. The van der Waals surface area contributed by atoms with Crippen LogP contribution in [0.15, 0.2) is 6.07 Å². The van der Waals surface area contributed by atoms with Crippen molar-refractivity contribution < 1.29 is 34.4 Å². The molecule has 3 fully saturated rings. The van der Waals surface area contributed by atoms with Crippen LogP contribution in [-0.2, 0) is 16.6 Å². The quantitative estimate of drug-likeness (QED) is 0.335. The van der Waals surface area contributed by atoms with E-state index in [-0.39, 0.29) is 49.7 Å². The van der Waals surface area contributed by atoms with Crippen LogP contribution in [0.1, 0.15) is 43.2 Å². The lowest BCUT2D eigenvalue weighted by Crippen LogP contribution is -2.87. The molecular formula is C22H29NO6. The molecule has 0 unspecified atom stereocenters. The van der Waals surface area contributed by atoms with Gasteiger partial charge < -0.3 is 32.6 Å². The van der Waals surface area contributed by atoms with Crippen molar-refractivity contribution in [2.45, 2.75) is 61.4 Å². The fourth-order valence-corrected chi connectivity index (χ4v) is 6.99. The zero-order chi connectivity index (χ0) is 19.7. The predicted octanol–water partition coefficient (Wildman–Crippen LogP) is 1.15. The molecule has 0 aromatic heterocycles. The van der Waals surface area contributed by atoms with Crippen LogP contribution in [0.25, 0.3) is 0 Å². The number of phenols is 2. The Morgan fingerprint density at radius 1 is 1.24 bits per heavy atom. The first-order valence-corrected chi connectivity index (χ1v) is 10.2. The standard InChI is InChI=1S/C21H25NO6.CH3/c1-22(10-11-2-3-11)7-6-19-15-12-8-14(24)16(25)17(15)28-18(19)13(23)4-5-20(19,26)21(22,27)9-12;/h8,11,18,26-27H,2-7,9-10H2,1H3,(H-,24,25);1H3/q;-1/p+1/t18-,19-,20-,21-,22+;/m0./s1. The van der Waals surface area contributed by atoms with Gasteiger partial charge in [0.25, 0.3) is 0 Å². The van der Waals surface area contributed by atoms with Gasteiger partial charge >= 0.3 is 0 Å². The maximum absolute atomic E-state index is 12.8. The van der Waals surface area contributed by atoms with Gasteiger partial charge in [-0.25, -0.2) is 0 Å². The van der Waals surface area contributed by atoms with Crippen molar-refractivity contribution in [1.29, 1.82) is 0 Å². The summed E-state index contributed by atoms with van der Waals surface area (Å²) in [4.78, 5) is 12.8. The summed E-state index contributed by atoms with van der Waals surface area (Å²) in [6.07, 6.45) is 2.32. The SMILES string of the molecule is C[N@+]1(CC2CC2)CC[C@]23c4c5cc(O)c(O)c4O[C@H]2C(=O)CC[C@@]3(O)[C@@]1(O)C5.[CH3-]. The molecule has 2 heterocycles. The first-order chi connectivity index (χ1) is 13.2. The van der Waals surface area contributed by atoms with E-state index >= 15 is 0 Å². The zero-order valence-corrected chi connectivity index (χ0v) is 16.9. The molecule has 0 amide bonds. The molecule has 158 valence electrons. The molecule has 6 rings (SSSR count). The third kappa shape index (κ3) is 1.84. The molecule has 1 spiro atoms. The van der Waals surface area contributed by atoms with Crippen LogP contribution in [0.4, 0.5) is 0 Å². The predicted molar refractivity (Wildman–Crippen MR) is 103 cm³/mol. The van der Waals surface area contributed by atoms with Crippen molar-refractivity contribution in [2.75, 3.05) is 20.1 Å². The number of nitrogens with zero attached hydrogens (tertiary/aromatic N) is 1. The van der Waals surface area contributed by atoms with Gasteiger partial charge in [0.1, 0.15) is 0 Å². The van der Waals surface area contributed by atoms with E-state index in [4.69, 9.17) is 4.74 Å². The summed E-state index contributed by atoms with van der Waals surface area (Å²) >= 11 is 0. The van der Waals surface area contributed by atoms with Gasteiger partial charge in [0, 0.05) is 24.3 Å². The molecule has 7 nitrogen and oxygen atoms in total. The topological polar surface area (TPSA) is 107 Å². The molecule has 1 saturated heterocycles. The molecule has 5 atom stereocenters. The summed E-state index contributed by atoms with van der Waals surface area (Å²) in [6.45, 7) is 1.42. The van der Waals surface area contributed by atoms with E-state index in [0.717, 1.165) is 19.4 Å². The number of aromatic hydroxyl groups is 2. The lowest BCUT2D eigenvalue weighted by Gasteiger charge is -2.67. The van der Waals surface area contributed by atoms with E-state index in [0.29, 0.717) is 34.5 Å². The molecule has 5 aliphatic rings. The molecule has 1 aromatic rings. The van der Waals surface area contributed by atoms with Crippen LogP contribution >= 0.6 is 0 Å². The van der Waals surface area contributed by atoms with Crippen LogP contribution in [0, 0.1) is 13.3 Å².